The van der Waals surface area contributed by atoms with Crippen LogP contribution in [0.15, 0.2) is 53.7 Å². The summed E-state index contributed by atoms with van der Waals surface area (Å²) in [6.45, 7) is 4.17. The molecular weight excluding hydrogens is 370 g/mol. The van der Waals surface area contributed by atoms with Crippen molar-refractivity contribution in [3.63, 3.8) is 0 Å². The molecule has 0 spiro atoms. The molecule has 0 aliphatic carbocycles. The van der Waals surface area contributed by atoms with Crippen LogP contribution in [0.5, 0.6) is 0 Å². The topological polar surface area (TPSA) is 59.8 Å². The molecule has 2 aromatic carbocycles. The molecule has 0 saturated carbocycles. The van der Waals surface area contributed by atoms with Gasteiger partial charge in [-0.25, -0.2) is 8.78 Å². The summed E-state index contributed by atoms with van der Waals surface area (Å²) in [5.74, 6) is -1.56. The Kier molecular flexibility index (Phi) is 5.85. The van der Waals surface area contributed by atoms with Crippen LogP contribution in [0.3, 0.4) is 0 Å². The van der Waals surface area contributed by atoms with E-state index in [9.17, 15) is 13.6 Å². The Morgan fingerprint density at radius 1 is 1.15 bits per heavy atom. The summed E-state index contributed by atoms with van der Waals surface area (Å²) >= 11 is 1.25. The third-order valence-electron chi connectivity index (χ3n) is 3.92. The number of benzene rings is 2. The van der Waals surface area contributed by atoms with E-state index in [-0.39, 0.29) is 11.6 Å². The highest BCUT2D eigenvalue weighted by molar-refractivity contribution is 8.00. The zero-order chi connectivity index (χ0) is 19.4. The summed E-state index contributed by atoms with van der Waals surface area (Å²) in [6, 6.07) is 13.1. The maximum Gasteiger partial charge on any atom is 0.237 e. The fourth-order valence-corrected chi connectivity index (χ4v) is 3.32. The van der Waals surface area contributed by atoms with Crippen molar-refractivity contribution < 1.29 is 13.6 Å². The number of aromatic nitrogens is 3. The van der Waals surface area contributed by atoms with Crippen LogP contribution in [-0.4, -0.2) is 25.9 Å². The van der Waals surface area contributed by atoms with Gasteiger partial charge in [0.15, 0.2) is 16.8 Å². The van der Waals surface area contributed by atoms with Gasteiger partial charge in [0.05, 0.1) is 11.8 Å². The Morgan fingerprint density at radius 2 is 1.89 bits per heavy atom. The molecule has 0 fully saturated rings. The minimum atomic E-state index is -1.01. The average Bonchev–Trinajstić information content (AvgIpc) is 2.99. The van der Waals surface area contributed by atoms with Gasteiger partial charge in [-0.3, -0.25) is 4.79 Å². The molecule has 0 aliphatic rings. The first-order valence-electron chi connectivity index (χ1n) is 8.30. The third-order valence-corrected chi connectivity index (χ3v) is 5.00. The van der Waals surface area contributed by atoms with Gasteiger partial charge in [-0.05, 0) is 31.5 Å². The predicted octanol–water partition coefficient (Wildman–Crippen LogP) is 4.03. The molecule has 140 valence electrons. The van der Waals surface area contributed by atoms with Gasteiger partial charge < -0.3 is 9.88 Å². The summed E-state index contributed by atoms with van der Waals surface area (Å²) in [7, 11) is 0. The zero-order valence-corrected chi connectivity index (χ0v) is 15.6. The molecule has 0 aliphatic heterocycles. The Balaban J connectivity index is 1.69. The lowest BCUT2D eigenvalue weighted by Crippen LogP contribution is -2.23. The molecule has 5 nitrogen and oxygen atoms in total. The van der Waals surface area contributed by atoms with Crippen molar-refractivity contribution in [1.29, 1.82) is 0 Å². The number of anilines is 1. The van der Waals surface area contributed by atoms with Crippen LogP contribution < -0.4 is 5.32 Å². The maximum atomic E-state index is 13.3. The SMILES string of the molecule is Cc1nnc(S[C@@H](C)C(=O)Nc2ccc(F)c(F)c2)n1Cc1ccccc1. The van der Waals surface area contributed by atoms with E-state index in [0.717, 1.165) is 23.5 Å². The summed E-state index contributed by atoms with van der Waals surface area (Å²) in [5, 5.41) is 10.9. The lowest BCUT2D eigenvalue weighted by Gasteiger charge is -2.13. The first-order valence-corrected chi connectivity index (χ1v) is 9.18. The summed E-state index contributed by atoms with van der Waals surface area (Å²) in [5.41, 5.74) is 1.30. The highest BCUT2D eigenvalue weighted by Crippen LogP contribution is 2.24. The molecular formula is C19H18F2N4OS. The number of hydrogen-bond acceptors (Lipinski definition) is 4. The van der Waals surface area contributed by atoms with Gasteiger partial charge in [-0.1, -0.05) is 42.1 Å². The molecule has 3 rings (SSSR count). The van der Waals surface area contributed by atoms with Gasteiger partial charge in [-0.2, -0.15) is 0 Å². The average molecular weight is 388 g/mol. The molecule has 1 heterocycles. The Bertz CT molecular complexity index is 946. The van der Waals surface area contributed by atoms with E-state index in [0.29, 0.717) is 11.7 Å². The monoisotopic (exact) mass is 388 g/mol. The van der Waals surface area contributed by atoms with E-state index >= 15 is 0 Å². The minimum Gasteiger partial charge on any atom is -0.325 e. The third kappa shape index (κ3) is 4.71. The maximum absolute atomic E-state index is 13.3. The number of halogens is 2. The molecule has 1 atom stereocenters. The Labute approximate surface area is 159 Å². The van der Waals surface area contributed by atoms with E-state index < -0.39 is 16.9 Å². The lowest BCUT2D eigenvalue weighted by molar-refractivity contribution is -0.115. The number of thioether (sulfide) groups is 1. The number of carbonyl (C=O) groups excluding carboxylic acids is 1. The number of aryl methyl sites for hydroxylation is 1. The lowest BCUT2D eigenvalue weighted by atomic mass is 10.2. The van der Waals surface area contributed by atoms with Crippen LogP contribution in [-0.2, 0) is 11.3 Å². The van der Waals surface area contributed by atoms with Crippen molar-refractivity contribution in [3.8, 4) is 0 Å². The molecule has 0 unspecified atom stereocenters. The smallest absolute Gasteiger partial charge is 0.237 e. The highest BCUT2D eigenvalue weighted by atomic mass is 32.2. The Morgan fingerprint density at radius 3 is 2.59 bits per heavy atom. The van der Waals surface area contributed by atoms with E-state index in [4.69, 9.17) is 0 Å². The van der Waals surface area contributed by atoms with Crippen LogP contribution >= 0.6 is 11.8 Å². The number of hydrogen-bond donors (Lipinski definition) is 1. The molecule has 1 amide bonds. The van der Waals surface area contributed by atoms with Crippen LogP contribution in [0.1, 0.15) is 18.3 Å². The number of nitrogens with one attached hydrogen (secondary N) is 1. The summed E-state index contributed by atoms with van der Waals surface area (Å²) in [4.78, 5) is 12.4. The largest absolute Gasteiger partial charge is 0.325 e. The van der Waals surface area contributed by atoms with Gasteiger partial charge in [0.25, 0.3) is 0 Å². The van der Waals surface area contributed by atoms with Gasteiger partial charge in [0, 0.05) is 11.8 Å². The molecule has 3 aromatic rings. The first kappa shape index (κ1) is 19.0. The molecule has 8 heteroatoms. The number of amides is 1. The minimum absolute atomic E-state index is 0.202. The fraction of sp³-hybridized carbons (Fsp3) is 0.211. The molecule has 0 saturated heterocycles. The number of carbonyl (C=O) groups is 1. The standard InChI is InChI=1S/C19H18F2N4OS/c1-12(18(26)22-15-8-9-16(20)17(21)10-15)27-19-24-23-13(2)25(19)11-14-6-4-3-5-7-14/h3-10,12H,11H2,1-2H3,(H,22,26)/t12-/m0/s1. The number of nitrogens with zero attached hydrogens (tertiary/aromatic N) is 3. The van der Waals surface area contributed by atoms with Crippen molar-refractivity contribution in [2.24, 2.45) is 0 Å². The highest BCUT2D eigenvalue weighted by Gasteiger charge is 2.20. The normalized spacial score (nSPS) is 12.0. The van der Waals surface area contributed by atoms with E-state index in [1.54, 1.807) is 6.92 Å². The van der Waals surface area contributed by atoms with Crippen LogP contribution in [0, 0.1) is 18.6 Å². The molecule has 0 bridgehead atoms. The van der Waals surface area contributed by atoms with Crippen molar-refractivity contribution in [2.75, 3.05) is 5.32 Å². The Hall–Kier alpha value is -2.74. The van der Waals surface area contributed by atoms with Gasteiger partial charge in [0.2, 0.25) is 5.91 Å². The van der Waals surface area contributed by atoms with E-state index in [1.165, 1.54) is 17.8 Å². The van der Waals surface area contributed by atoms with Crippen LogP contribution in [0.25, 0.3) is 0 Å². The zero-order valence-electron chi connectivity index (χ0n) is 14.8. The summed E-state index contributed by atoms with van der Waals surface area (Å²) in [6.07, 6.45) is 0. The second-order valence-corrected chi connectivity index (χ2v) is 7.29. The van der Waals surface area contributed by atoms with Crippen LogP contribution in [0.2, 0.25) is 0 Å². The van der Waals surface area contributed by atoms with Crippen molar-refractivity contribution >= 4 is 23.4 Å². The van der Waals surface area contributed by atoms with Crippen molar-refractivity contribution in [2.45, 2.75) is 30.8 Å². The second-order valence-electron chi connectivity index (χ2n) is 5.98. The van der Waals surface area contributed by atoms with Gasteiger partial charge in [0.1, 0.15) is 5.82 Å². The van der Waals surface area contributed by atoms with E-state index in [1.807, 2.05) is 41.8 Å². The first-order chi connectivity index (χ1) is 12.9. The van der Waals surface area contributed by atoms with Crippen LogP contribution in [0.4, 0.5) is 14.5 Å². The summed E-state index contributed by atoms with van der Waals surface area (Å²) < 4.78 is 28.2. The van der Waals surface area contributed by atoms with Gasteiger partial charge in [-0.15, -0.1) is 10.2 Å². The quantitative estimate of drug-likeness (QED) is 0.648. The second kappa shape index (κ2) is 8.30. The van der Waals surface area contributed by atoms with Gasteiger partial charge >= 0.3 is 0 Å². The van der Waals surface area contributed by atoms with E-state index in [2.05, 4.69) is 15.5 Å². The van der Waals surface area contributed by atoms with Crippen molar-refractivity contribution in [1.82, 2.24) is 14.8 Å². The molecule has 27 heavy (non-hydrogen) atoms. The predicted molar refractivity (Wildman–Crippen MR) is 101 cm³/mol. The molecule has 1 N–H and O–H groups in total. The number of rotatable bonds is 6. The molecule has 0 radical (unpaired) electrons. The fourth-order valence-electron chi connectivity index (χ4n) is 2.43. The van der Waals surface area contributed by atoms with Crippen molar-refractivity contribution in [3.05, 3.63) is 71.6 Å². The molecule has 1 aromatic heterocycles.